The Morgan fingerprint density at radius 1 is 1.53 bits per heavy atom. The maximum Gasteiger partial charge on any atom is 0.322 e. The normalized spacial score (nSPS) is 14.6. The Morgan fingerprint density at radius 3 is 2.71 bits per heavy atom. The Hall–Kier alpha value is -0.940. The van der Waals surface area contributed by atoms with E-state index in [1.54, 1.807) is 16.8 Å². The van der Waals surface area contributed by atoms with Gasteiger partial charge >= 0.3 is 5.97 Å². The molecule has 0 aliphatic heterocycles. The first-order valence-corrected chi connectivity index (χ1v) is 6.70. The lowest BCUT2D eigenvalue weighted by atomic mass is 10.0. The van der Waals surface area contributed by atoms with Gasteiger partial charge in [0.15, 0.2) is 0 Å². The average Bonchev–Trinajstić information content (AvgIpc) is 2.79. The van der Waals surface area contributed by atoms with Crippen molar-refractivity contribution < 1.29 is 9.53 Å². The number of methoxy groups -OCH3 is 1. The highest BCUT2D eigenvalue weighted by atomic mass is 32.1. The number of aromatic nitrogens is 1. The van der Waals surface area contributed by atoms with Crippen molar-refractivity contribution in [1.82, 2.24) is 10.3 Å². The van der Waals surface area contributed by atoms with Crippen LogP contribution >= 0.6 is 11.3 Å². The molecule has 0 fully saturated rings. The topological polar surface area (TPSA) is 51.2 Å². The van der Waals surface area contributed by atoms with Crippen LogP contribution in [0.2, 0.25) is 0 Å². The Morgan fingerprint density at radius 2 is 2.24 bits per heavy atom. The zero-order chi connectivity index (χ0) is 12.8. The van der Waals surface area contributed by atoms with Crippen LogP contribution in [0.5, 0.6) is 0 Å². The molecule has 0 aliphatic carbocycles. The summed E-state index contributed by atoms with van der Waals surface area (Å²) >= 11 is 1.56. The monoisotopic (exact) mass is 256 g/mol. The van der Waals surface area contributed by atoms with Crippen molar-refractivity contribution in [3.63, 3.8) is 0 Å². The Bertz CT molecular complexity index is 338. The first kappa shape index (κ1) is 14.1. The predicted octanol–water partition coefficient (Wildman–Crippen LogP) is 2.38. The molecule has 0 bridgehead atoms. The van der Waals surface area contributed by atoms with E-state index in [1.807, 2.05) is 12.3 Å². The van der Waals surface area contributed by atoms with E-state index in [2.05, 4.69) is 24.1 Å². The van der Waals surface area contributed by atoms with Crippen LogP contribution in [-0.4, -0.2) is 24.1 Å². The van der Waals surface area contributed by atoms with Gasteiger partial charge in [0.25, 0.3) is 0 Å². The SMILES string of the molecule is COC(=O)C(CC(C)C)NC(C)c1cscn1. The minimum atomic E-state index is -0.267. The van der Waals surface area contributed by atoms with E-state index >= 15 is 0 Å². The van der Waals surface area contributed by atoms with Gasteiger partial charge in [0.1, 0.15) is 6.04 Å². The summed E-state index contributed by atoms with van der Waals surface area (Å²) < 4.78 is 4.81. The lowest BCUT2D eigenvalue weighted by Crippen LogP contribution is -2.40. The fourth-order valence-corrected chi connectivity index (χ4v) is 2.32. The molecule has 1 aromatic heterocycles. The summed E-state index contributed by atoms with van der Waals surface area (Å²) in [6.07, 6.45) is 0.765. The van der Waals surface area contributed by atoms with Crippen LogP contribution in [0.25, 0.3) is 0 Å². The molecule has 1 aromatic rings. The molecule has 96 valence electrons. The van der Waals surface area contributed by atoms with E-state index in [0.717, 1.165) is 12.1 Å². The summed E-state index contributed by atoms with van der Waals surface area (Å²) in [5.74, 6) is 0.231. The van der Waals surface area contributed by atoms with Crippen molar-refractivity contribution in [2.75, 3.05) is 7.11 Å². The highest BCUT2D eigenvalue weighted by Crippen LogP contribution is 2.15. The second-order valence-corrected chi connectivity index (χ2v) is 5.23. The standard InChI is InChI=1S/C12H20N2O2S/c1-8(2)5-10(12(15)16-4)14-9(3)11-6-17-7-13-11/h6-10,14H,5H2,1-4H3. The fourth-order valence-electron chi connectivity index (χ4n) is 1.67. The quantitative estimate of drug-likeness (QED) is 0.794. The Kier molecular flexibility index (Phi) is 5.58. The molecule has 0 saturated heterocycles. The van der Waals surface area contributed by atoms with Gasteiger partial charge < -0.3 is 4.74 Å². The van der Waals surface area contributed by atoms with Crippen LogP contribution in [0.1, 0.15) is 38.9 Å². The molecular weight excluding hydrogens is 236 g/mol. The second-order valence-electron chi connectivity index (χ2n) is 4.51. The van der Waals surface area contributed by atoms with Gasteiger partial charge in [-0.15, -0.1) is 11.3 Å². The molecule has 0 saturated carbocycles. The molecule has 2 unspecified atom stereocenters. The predicted molar refractivity (Wildman–Crippen MR) is 68.9 cm³/mol. The van der Waals surface area contributed by atoms with Crippen LogP contribution in [0, 0.1) is 5.92 Å². The molecular formula is C12H20N2O2S. The molecule has 0 aliphatic rings. The van der Waals surface area contributed by atoms with Crippen LogP contribution in [0.4, 0.5) is 0 Å². The Balaban J connectivity index is 2.62. The van der Waals surface area contributed by atoms with E-state index in [1.165, 1.54) is 7.11 Å². The zero-order valence-electron chi connectivity index (χ0n) is 10.8. The molecule has 17 heavy (non-hydrogen) atoms. The van der Waals surface area contributed by atoms with Crippen LogP contribution in [0.3, 0.4) is 0 Å². The van der Waals surface area contributed by atoms with Gasteiger partial charge in [0, 0.05) is 11.4 Å². The summed E-state index contributed by atoms with van der Waals surface area (Å²) in [4.78, 5) is 15.9. The van der Waals surface area contributed by atoms with Gasteiger partial charge in [0.05, 0.1) is 18.3 Å². The van der Waals surface area contributed by atoms with Crippen molar-refractivity contribution in [1.29, 1.82) is 0 Å². The van der Waals surface area contributed by atoms with Crippen molar-refractivity contribution >= 4 is 17.3 Å². The number of rotatable bonds is 6. The number of nitrogens with one attached hydrogen (secondary N) is 1. The molecule has 5 heteroatoms. The third-order valence-corrected chi connectivity index (χ3v) is 3.14. The number of hydrogen-bond donors (Lipinski definition) is 1. The summed E-state index contributed by atoms with van der Waals surface area (Å²) in [7, 11) is 1.42. The van der Waals surface area contributed by atoms with E-state index in [0.29, 0.717) is 5.92 Å². The minimum absolute atomic E-state index is 0.0594. The zero-order valence-corrected chi connectivity index (χ0v) is 11.6. The maximum atomic E-state index is 11.7. The van der Waals surface area contributed by atoms with Crippen LogP contribution in [-0.2, 0) is 9.53 Å². The maximum absolute atomic E-state index is 11.7. The fraction of sp³-hybridized carbons (Fsp3) is 0.667. The minimum Gasteiger partial charge on any atom is -0.468 e. The van der Waals surface area contributed by atoms with E-state index < -0.39 is 0 Å². The highest BCUT2D eigenvalue weighted by Gasteiger charge is 2.23. The number of ether oxygens (including phenoxy) is 1. The molecule has 1 rings (SSSR count). The summed E-state index contributed by atoms with van der Waals surface area (Å²) in [5, 5.41) is 5.26. The van der Waals surface area contributed by atoms with Gasteiger partial charge in [-0.05, 0) is 19.3 Å². The largest absolute Gasteiger partial charge is 0.468 e. The van der Waals surface area contributed by atoms with Gasteiger partial charge in [-0.2, -0.15) is 0 Å². The van der Waals surface area contributed by atoms with E-state index in [4.69, 9.17) is 4.74 Å². The number of nitrogens with zero attached hydrogens (tertiary/aromatic N) is 1. The number of carbonyl (C=O) groups is 1. The molecule has 0 aromatic carbocycles. The van der Waals surface area contributed by atoms with Crippen LogP contribution < -0.4 is 5.32 Å². The first-order valence-electron chi connectivity index (χ1n) is 5.76. The molecule has 1 heterocycles. The third-order valence-electron chi connectivity index (χ3n) is 2.54. The van der Waals surface area contributed by atoms with Crippen molar-refractivity contribution in [3.05, 3.63) is 16.6 Å². The van der Waals surface area contributed by atoms with Crippen molar-refractivity contribution in [3.8, 4) is 0 Å². The van der Waals surface area contributed by atoms with Crippen molar-refractivity contribution in [2.45, 2.75) is 39.3 Å². The molecule has 0 amide bonds. The van der Waals surface area contributed by atoms with Gasteiger partial charge in [-0.1, -0.05) is 13.8 Å². The van der Waals surface area contributed by atoms with Crippen LogP contribution in [0.15, 0.2) is 10.9 Å². The second kappa shape index (κ2) is 6.71. The Labute approximate surface area is 106 Å². The van der Waals surface area contributed by atoms with Gasteiger partial charge in [-0.3, -0.25) is 10.1 Å². The first-order chi connectivity index (χ1) is 8.04. The average molecular weight is 256 g/mol. The molecule has 1 N–H and O–H groups in total. The molecule has 4 nitrogen and oxygen atoms in total. The lowest BCUT2D eigenvalue weighted by Gasteiger charge is -2.21. The number of thiazole rings is 1. The smallest absolute Gasteiger partial charge is 0.322 e. The number of carbonyl (C=O) groups excluding carboxylic acids is 1. The van der Waals surface area contributed by atoms with Gasteiger partial charge in [0.2, 0.25) is 0 Å². The highest BCUT2D eigenvalue weighted by molar-refractivity contribution is 7.07. The molecule has 2 atom stereocenters. The van der Waals surface area contributed by atoms with Crippen molar-refractivity contribution in [2.24, 2.45) is 5.92 Å². The summed E-state index contributed by atoms with van der Waals surface area (Å²) in [5.41, 5.74) is 2.76. The number of esters is 1. The lowest BCUT2D eigenvalue weighted by molar-refractivity contribution is -0.143. The van der Waals surface area contributed by atoms with Gasteiger partial charge in [-0.25, -0.2) is 4.98 Å². The summed E-state index contributed by atoms with van der Waals surface area (Å²) in [6, 6.07) is -0.208. The molecule has 0 spiro atoms. The molecule has 0 radical (unpaired) electrons. The third kappa shape index (κ3) is 4.44. The number of hydrogen-bond acceptors (Lipinski definition) is 5. The van der Waals surface area contributed by atoms with E-state index in [-0.39, 0.29) is 18.1 Å². The van der Waals surface area contributed by atoms with E-state index in [9.17, 15) is 4.79 Å². The summed E-state index contributed by atoms with van der Waals surface area (Å²) in [6.45, 7) is 6.18.